The highest BCUT2D eigenvalue weighted by Crippen LogP contribution is 2.23. The average Bonchev–Trinajstić information content (AvgIpc) is 2.95. The molecule has 0 saturated heterocycles. The number of benzene rings is 4. The molecule has 4 aromatic carbocycles. The number of nitrogens with one attached hydrogen (secondary N) is 2. The van der Waals surface area contributed by atoms with Gasteiger partial charge in [0.25, 0.3) is 11.6 Å². The van der Waals surface area contributed by atoms with Gasteiger partial charge in [0.05, 0.1) is 23.1 Å². The van der Waals surface area contributed by atoms with Crippen LogP contribution >= 0.6 is 11.6 Å². The first-order chi connectivity index (χ1) is 19.3. The summed E-state index contributed by atoms with van der Waals surface area (Å²) in [7, 11) is 0. The molecule has 0 unspecified atom stereocenters. The van der Waals surface area contributed by atoms with E-state index in [1.807, 2.05) is 30.3 Å². The van der Waals surface area contributed by atoms with Crippen LogP contribution in [0.25, 0.3) is 0 Å². The maximum absolute atomic E-state index is 12.5. The van der Waals surface area contributed by atoms with E-state index in [0.29, 0.717) is 21.8 Å². The molecule has 200 valence electrons. The van der Waals surface area contributed by atoms with Crippen molar-refractivity contribution in [3.63, 3.8) is 0 Å². The van der Waals surface area contributed by atoms with Crippen LogP contribution < -0.4 is 15.5 Å². The molecule has 2 N–H and O–H groups in total. The van der Waals surface area contributed by atoms with Gasteiger partial charge in [0, 0.05) is 34.0 Å². The van der Waals surface area contributed by atoms with Gasteiger partial charge in [0.1, 0.15) is 5.75 Å². The van der Waals surface area contributed by atoms with Gasteiger partial charge in [-0.1, -0.05) is 41.9 Å². The normalized spacial score (nSPS) is 10.6. The van der Waals surface area contributed by atoms with Crippen molar-refractivity contribution in [3.05, 3.63) is 134 Å². The van der Waals surface area contributed by atoms with E-state index in [4.69, 9.17) is 16.3 Å². The summed E-state index contributed by atoms with van der Waals surface area (Å²) >= 11 is 6.07. The van der Waals surface area contributed by atoms with E-state index in [1.54, 1.807) is 24.3 Å². The molecule has 40 heavy (non-hydrogen) atoms. The van der Waals surface area contributed by atoms with Gasteiger partial charge >= 0.3 is 5.97 Å². The summed E-state index contributed by atoms with van der Waals surface area (Å²) in [5, 5.41) is 17.9. The smallest absolute Gasteiger partial charge is 0.343 e. The van der Waals surface area contributed by atoms with Crippen molar-refractivity contribution in [1.82, 2.24) is 5.43 Å². The fraction of sp³-hybridized carbons (Fsp3) is 0.0345. The summed E-state index contributed by atoms with van der Waals surface area (Å²) in [6.45, 7) is 0. The molecular formula is C29H21ClN4O6. The van der Waals surface area contributed by atoms with Gasteiger partial charge in [-0.05, 0) is 60.2 Å². The number of hydrogen-bond donors (Lipinski definition) is 2. The Balaban J connectivity index is 1.36. The third-order valence-corrected chi connectivity index (χ3v) is 5.73. The second-order valence-corrected chi connectivity index (χ2v) is 8.80. The number of carbonyl (C=O) groups is 3. The van der Waals surface area contributed by atoms with E-state index in [2.05, 4.69) is 15.8 Å². The predicted molar refractivity (Wildman–Crippen MR) is 150 cm³/mol. The van der Waals surface area contributed by atoms with E-state index in [9.17, 15) is 24.5 Å². The maximum atomic E-state index is 12.5. The van der Waals surface area contributed by atoms with Gasteiger partial charge in [0.15, 0.2) is 0 Å². The molecule has 0 atom stereocenters. The molecule has 4 rings (SSSR count). The monoisotopic (exact) mass is 556 g/mol. The minimum atomic E-state index is -0.744. The zero-order valence-electron chi connectivity index (χ0n) is 20.7. The number of hydrogen-bond acceptors (Lipinski definition) is 7. The van der Waals surface area contributed by atoms with E-state index in [0.717, 1.165) is 5.56 Å². The molecule has 0 spiro atoms. The summed E-state index contributed by atoms with van der Waals surface area (Å²) in [4.78, 5) is 47.5. The molecule has 11 heteroatoms. The lowest BCUT2D eigenvalue weighted by atomic mass is 10.1. The second-order valence-electron chi connectivity index (χ2n) is 8.36. The fourth-order valence-electron chi connectivity index (χ4n) is 3.51. The number of hydrazone groups is 1. The number of non-ortho nitro benzene ring substituents is 1. The number of nitrogens with zero attached hydrogens (tertiary/aromatic N) is 2. The molecule has 0 aromatic heterocycles. The van der Waals surface area contributed by atoms with Crippen LogP contribution in [-0.2, 0) is 11.2 Å². The topological polar surface area (TPSA) is 140 Å². The Bertz CT molecular complexity index is 1570. The number of nitro groups is 1. The number of ether oxygens (including phenoxy) is 1. The first kappa shape index (κ1) is 27.7. The van der Waals surface area contributed by atoms with E-state index in [-0.39, 0.29) is 29.3 Å². The van der Waals surface area contributed by atoms with Crippen LogP contribution in [0.4, 0.5) is 11.4 Å². The van der Waals surface area contributed by atoms with Crippen molar-refractivity contribution in [3.8, 4) is 5.75 Å². The minimum absolute atomic E-state index is 0.108. The molecule has 0 aliphatic carbocycles. The Morgan fingerprint density at radius 2 is 1.57 bits per heavy atom. The fourth-order valence-corrected chi connectivity index (χ4v) is 3.69. The molecule has 0 heterocycles. The van der Waals surface area contributed by atoms with E-state index < -0.39 is 16.8 Å². The first-order valence-corrected chi connectivity index (χ1v) is 12.2. The molecule has 0 fully saturated rings. The Morgan fingerprint density at radius 3 is 2.25 bits per heavy atom. The first-order valence-electron chi connectivity index (χ1n) is 11.8. The number of anilines is 1. The van der Waals surface area contributed by atoms with Crippen LogP contribution in [0.15, 0.2) is 102 Å². The summed E-state index contributed by atoms with van der Waals surface area (Å²) in [5.41, 5.74) is 4.37. The van der Waals surface area contributed by atoms with Crippen LogP contribution in [-0.4, -0.2) is 28.9 Å². The SMILES string of the molecule is O=C(Cc1ccccc1)Nc1ccc(C(=O)N/N=C/c2cc(Cl)ccc2OC(=O)c2ccc([N+](=O)[O-])cc2)cc1. The van der Waals surface area contributed by atoms with Crippen molar-refractivity contribution in [2.75, 3.05) is 5.32 Å². The summed E-state index contributed by atoms with van der Waals surface area (Å²) in [5.74, 6) is -1.32. The standard InChI is InChI=1S/C29H21ClN4O6/c30-23-10-15-26(40-29(37)21-8-13-25(14-9-21)34(38)39)22(17-23)18-31-33-28(36)20-6-11-24(12-7-20)32-27(35)16-19-4-2-1-3-5-19/h1-15,17-18H,16H2,(H,32,35)(H,33,36)/b31-18+. The van der Waals surface area contributed by atoms with E-state index >= 15 is 0 Å². The highest BCUT2D eigenvalue weighted by Gasteiger charge is 2.14. The van der Waals surface area contributed by atoms with Crippen LogP contribution in [0.3, 0.4) is 0 Å². The largest absolute Gasteiger partial charge is 0.422 e. The summed E-state index contributed by atoms with van der Waals surface area (Å²) < 4.78 is 5.41. The highest BCUT2D eigenvalue weighted by atomic mass is 35.5. The lowest BCUT2D eigenvalue weighted by molar-refractivity contribution is -0.384. The highest BCUT2D eigenvalue weighted by molar-refractivity contribution is 6.31. The zero-order valence-corrected chi connectivity index (χ0v) is 21.5. The Morgan fingerprint density at radius 1 is 0.900 bits per heavy atom. The van der Waals surface area contributed by atoms with Gasteiger partial charge in [-0.25, -0.2) is 10.2 Å². The number of esters is 1. The van der Waals surface area contributed by atoms with Crippen LogP contribution in [0, 0.1) is 10.1 Å². The van der Waals surface area contributed by atoms with Gasteiger partial charge < -0.3 is 10.1 Å². The van der Waals surface area contributed by atoms with Crippen molar-refractivity contribution in [2.24, 2.45) is 5.10 Å². The van der Waals surface area contributed by atoms with Gasteiger partial charge in [-0.15, -0.1) is 0 Å². The molecule has 0 bridgehead atoms. The zero-order chi connectivity index (χ0) is 28.5. The van der Waals surface area contributed by atoms with Crippen LogP contribution in [0.1, 0.15) is 31.8 Å². The van der Waals surface area contributed by atoms with Gasteiger partial charge in [-0.2, -0.15) is 5.10 Å². The van der Waals surface area contributed by atoms with Crippen molar-refractivity contribution < 1.29 is 24.0 Å². The molecule has 0 aliphatic rings. The van der Waals surface area contributed by atoms with Crippen LogP contribution in [0.2, 0.25) is 5.02 Å². The summed E-state index contributed by atoms with van der Waals surface area (Å²) in [6, 6.07) is 25.0. The molecule has 2 amide bonds. The van der Waals surface area contributed by atoms with E-state index in [1.165, 1.54) is 48.7 Å². The molecule has 0 saturated carbocycles. The third kappa shape index (κ3) is 7.59. The number of nitro benzene ring substituents is 1. The Hall–Kier alpha value is -5.35. The van der Waals surface area contributed by atoms with Gasteiger partial charge in [-0.3, -0.25) is 19.7 Å². The molecule has 10 nitrogen and oxygen atoms in total. The molecular weight excluding hydrogens is 536 g/mol. The van der Waals surface area contributed by atoms with Crippen molar-refractivity contribution >= 4 is 47.0 Å². The Kier molecular flexibility index (Phi) is 8.95. The predicted octanol–water partition coefficient (Wildman–Crippen LogP) is 5.41. The van der Waals surface area contributed by atoms with Crippen LogP contribution in [0.5, 0.6) is 5.75 Å². The lowest BCUT2D eigenvalue weighted by Crippen LogP contribution is -2.18. The third-order valence-electron chi connectivity index (χ3n) is 5.50. The number of carbonyl (C=O) groups excluding carboxylic acids is 3. The van der Waals surface area contributed by atoms with Crippen molar-refractivity contribution in [1.29, 1.82) is 0 Å². The molecule has 4 aromatic rings. The van der Waals surface area contributed by atoms with Gasteiger partial charge in [0.2, 0.25) is 5.91 Å². The minimum Gasteiger partial charge on any atom is -0.422 e. The molecule has 0 radical (unpaired) electrons. The van der Waals surface area contributed by atoms with Crippen molar-refractivity contribution in [2.45, 2.75) is 6.42 Å². The Labute approximate surface area is 233 Å². The number of amides is 2. The average molecular weight is 557 g/mol. The second kappa shape index (κ2) is 12.9. The number of halogens is 1. The number of rotatable bonds is 9. The molecule has 0 aliphatic heterocycles. The summed E-state index contributed by atoms with van der Waals surface area (Å²) in [6.07, 6.45) is 1.49. The maximum Gasteiger partial charge on any atom is 0.343 e. The quantitative estimate of drug-likeness (QED) is 0.0928. The lowest BCUT2D eigenvalue weighted by Gasteiger charge is -2.08.